The number of hydrogen-bond donors (Lipinski definition) is 0. The number of aryl methyl sites for hydroxylation is 1. The van der Waals surface area contributed by atoms with Crippen molar-refractivity contribution in [2.24, 2.45) is 0 Å². The van der Waals surface area contributed by atoms with E-state index in [0.717, 1.165) is 0 Å². The van der Waals surface area contributed by atoms with Gasteiger partial charge in [0, 0.05) is 32.1 Å². The van der Waals surface area contributed by atoms with Crippen molar-refractivity contribution in [3.63, 3.8) is 0 Å². The van der Waals surface area contributed by atoms with Crippen LogP contribution < -0.4 is 5.56 Å². The molecule has 0 saturated carbocycles. The molecule has 0 radical (unpaired) electrons. The fourth-order valence-electron chi connectivity index (χ4n) is 3.00. The summed E-state index contributed by atoms with van der Waals surface area (Å²) in [4.78, 5) is 41.3. The standard InChI is InChI=1S/C20H20N4O4/c1-14(15-6-5-7-16(12-15)24(27)28)22(2)19(25)10-11-23-13-21-18-9-4-3-8-17(18)20(23)26/h3-9,12-14H,10-11H2,1-2H3. The molecule has 0 N–H and O–H groups in total. The summed E-state index contributed by atoms with van der Waals surface area (Å²) in [6.45, 7) is 2.02. The summed E-state index contributed by atoms with van der Waals surface area (Å²) in [5, 5.41) is 11.5. The molecule has 1 amide bonds. The Kier molecular flexibility index (Phi) is 5.49. The number of nitro groups is 1. The number of carbonyl (C=O) groups is 1. The monoisotopic (exact) mass is 380 g/mol. The molecule has 0 fully saturated rings. The number of amides is 1. The lowest BCUT2D eigenvalue weighted by molar-refractivity contribution is -0.384. The van der Waals surface area contributed by atoms with Gasteiger partial charge in [0.2, 0.25) is 5.91 Å². The van der Waals surface area contributed by atoms with Crippen LogP contribution in [0.2, 0.25) is 0 Å². The molecule has 0 saturated heterocycles. The lowest BCUT2D eigenvalue weighted by Crippen LogP contribution is -2.31. The van der Waals surface area contributed by atoms with Gasteiger partial charge in [0.1, 0.15) is 0 Å². The van der Waals surface area contributed by atoms with E-state index in [2.05, 4.69) is 4.98 Å². The quantitative estimate of drug-likeness (QED) is 0.484. The summed E-state index contributed by atoms with van der Waals surface area (Å²) in [6.07, 6.45) is 1.57. The summed E-state index contributed by atoms with van der Waals surface area (Å²) < 4.78 is 1.42. The predicted octanol–water partition coefficient (Wildman–Crippen LogP) is 2.91. The van der Waals surface area contributed by atoms with Crippen molar-refractivity contribution < 1.29 is 9.72 Å². The number of non-ortho nitro benzene ring substituents is 1. The van der Waals surface area contributed by atoms with Crippen molar-refractivity contribution in [1.82, 2.24) is 14.5 Å². The molecule has 0 aliphatic carbocycles. The number of hydrogen-bond acceptors (Lipinski definition) is 5. The highest BCUT2D eigenvalue weighted by Crippen LogP contribution is 2.23. The highest BCUT2D eigenvalue weighted by atomic mass is 16.6. The van der Waals surface area contributed by atoms with Crippen LogP contribution in [0, 0.1) is 10.1 Å². The highest BCUT2D eigenvalue weighted by molar-refractivity contribution is 5.77. The summed E-state index contributed by atoms with van der Waals surface area (Å²) in [7, 11) is 1.65. The van der Waals surface area contributed by atoms with E-state index < -0.39 is 4.92 Å². The fourth-order valence-corrected chi connectivity index (χ4v) is 3.00. The molecule has 0 bridgehead atoms. The van der Waals surface area contributed by atoms with Crippen LogP contribution in [-0.2, 0) is 11.3 Å². The minimum atomic E-state index is -0.461. The van der Waals surface area contributed by atoms with Gasteiger partial charge in [-0.25, -0.2) is 4.98 Å². The first-order chi connectivity index (χ1) is 13.4. The molecule has 8 nitrogen and oxygen atoms in total. The molecule has 1 aromatic heterocycles. The Morgan fingerprint density at radius 2 is 2.00 bits per heavy atom. The smallest absolute Gasteiger partial charge is 0.269 e. The minimum Gasteiger partial charge on any atom is -0.339 e. The molecule has 3 aromatic rings. The second-order valence-electron chi connectivity index (χ2n) is 6.54. The van der Waals surface area contributed by atoms with Gasteiger partial charge in [0.25, 0.3) is 11.2 Å². The molecule has 1 heterocycles. The van der Waals surface area contributed by atoms with Crippen LogP contribution >= 0.6 is 0 Å². The number of benzene rings is 2. The van der Waals surface area contributed by atoms with E-state index in [1.165, 1.54) is 27.9 Å². The van der Waals surface area contributed by atoms with Crippen LogP contribution in [0.4, 0.5) is 5.69 Å². The second kappa shape index (κ2) is 7.99. The third-order valence-corrected chi connectivity index (χ3v) is 4.84. The summed E-state index contributed by atoms with van der Waals surface area (Å²) in [6, 6.07) is 13.0. The van der Waals surface area contributed by atoms with E-state index in [1.54, 1.807) is 44.3 Å². The van der Waals surface area contributed by atoms with Crippen molar-refractivity contribution in [2.45, 2.75) is 25.9 Å². The Bertz CT molecular complexity index is 1090. The Balaban J connectivity index is 1.71. The maximum atomic E-state index is 12.6. The highest BCUT2D eigenvalue weighted by Gasteiger charge is 2.19. The summed E-state index contributed by atoms with van der Waals surface area (Å²) in [5.74, 6) is -0.168. The van der Waals surface area contributed by atoms with E-state index in [1.807, 2.05) is 6.07 Å². The number of carbonyl (C=O) groups excluding carboxylic acids is 1. The van der Waals surface area contributed by atoms with Crippen LogP contribution in [0.1, 0.15) is 24.9 Å². The third-order valence-electron chi connectivity index (χ3n) is 4.84. The summed E-state index contributed by atoms with van der Waals surface area (Å²) >= 11 is 0. The van der Waals surface area contributed by atoms with Crippen molar-refractivity contribution in [2.75, 3.05) is 7.05 Å². The van der Waals surface area contributed by atoms with Gasteiger partial charge in [-0.2, -0.15) is 0 Å². The minimum absolute atomic E-state index is 0.0148. The Labute approximate surface area is 161 Å². The zero-order valence-electron chi connectivity index (χ0n) is 15.6. The molecule has 1 atom stereocenters. The van der Waals surface area contributed by atoms with Gasteiger partial charge < -0.3 is 4.90 Å². The van der Waals surface area contributed by atoms with E-state index in [4.69, 9.17) is 0 Å². The first-order valence-corrected chi connectivity index (χ1v) is 8.82. The number of fused-ring (bicyclic) bond motifs is 1. The van der Waals surface area contributed by atoms with Gasteiger partial charge in [-0.15, -0.1) is 0 Å². The van der Waals surface area contributed by atoms with Gasteiger partial charge in [0.15, 0.2) is 0 Å². The van der Waals surface area contributed by atoms with E-state index >= 15 is 0 Å². The van der Waals surface area contributed by atoms with Crippen LogP contribution in [-0.4, -0.2) is 32.3 Å². The lowest BCUT2D eigenvalue weighted by Gasteiger charge is -2.25. The van der Waals surface area contributed by atoms with Crippen LogP contribution in [0.3, 0.4) is 0 Å². The molecule has 3 rings (SSSR count). The van der Waals surface area contributed by atoms with Crippen LogP contribution in [0.5, 0.6) is 0 Å². The third kappa shape index (κ3) is 3.90. The molecule has 0 aliphatic heterocycles. The fraction of sp³-hybridized carbons (Fsp3) is 0.250. The van der Waals surface area contributed by atoms with Crippen molar-refractivity contribution in [3.05, 3.63) is 80.9 Å². The summed E-state index contributed by atoms with van der Waals surface area (Å²) in [5.41, 5.74) is 1.09. The first kappa shape index (κ1) is 19.2. The van der Waals surface area contributed by atoms with E-state index in [0.29, 0.717) is 16.5 Å². The van der Waals surface area contributed by atoms with Gasteiger partial charge in [-0.1, -0.05) is 24.3 Å². The molecule has 8 heteroatoms. The molecule has 144 valence electrons. The molecule has 28 heavy (non-hydrogen) atoms. The number of aromatic nitrogens is 2. The predicted molar refractivity (Wildman–Crippen MR) is 105 cm³/mol. The maximum absolute atomic E-state index is 12.6. The first-order valence-electron chi connectivity index (χ1n) is 8.82. The van der Waals surface area contributed by atoms with Crippen molar-refractivity contribution in [3.8, 4) is 0 Å². The van der Waals surface area contributed by atoms with Crippen LogP contribution in [0.25, 0.3) is 10.9 Å². The lowest BCUT2D eigenvalue weighted by atomic mass is 10.1. The Hall–Kier alpha value is -3.55. The Morgan fingerprint density at radius 1 is 1.25 bits per heavy atom. The normalized spacial score (nSPS) is 11.9. The SMILES string of the molecule is CC(c1cccc([N+](=O)[O-])c1)N(C)C(=O)CCn1cnc2ccccc2c1=O. The van der Waals surface area contributed by atoms with E-state index in [9.17, 15) is 19.7 Å². The molecular weight excluding hydrogens is 360 g/mol. The molecule has 0 spiro atoms. The largest absolute Gasteiger partial charge is 0.339 e. The number of para-hydroxylation sites is 1. The van der Waals surface area contributed by atoms with Crippen molar-refractivity contribution in [1.29, 1.82) is 0 Å². The maximum Gasteiger partial charge on any atom is 0.269 e. The van der Waals surface area contributed by atoms with Gasteiger partial charge in [0.05, 0.1) is 28.2 Å². The zero-order chi connectivity index (χ0) is 20.3. The topological polar surface area (TPSA) is 98.3 Å². The number of rotatable bonds is 6. The van der Waals surface area contributed by atoms with E-state index in [-0.39, 0.29) is 36.2 Å². The Morgan fingerprint density at radius 3 is 2.75 bits per heavy atom. The molecule has 2 aromatic carbocycles. The number of nitrogens with zero attached hydrogens (tertiary/aromatic N) is 4. The average molecular weight is 380 g/mol. The van der Waals surface area contributed by atoms with Crippen LogP contribution in [0.15, 0.2) is 59.7 Å². The molecular formula is C20H20N4O4. The average Bonchev–Trinajstić information content (AvgIpc) is 2.72. The zero-order valence-corrected chi connectivity index (χ0v) is 15.6. The van der Waals surface area contributed by atoms with Gasteiger partial charge in [-0.3, -0.25) is 24.3 Å². The second-order valence-corrected chi connectivity index (χ2v) is 6.54. The van der Waals surface area contributed by atoms with Gasteiger partial charge in [-0.05, 0) is 24.6 Å². The van der Waals surface area contributed by atoms with Gasteiger partial charge >= 0.3 is 0 Å². The van der Waals surface area contributed by atoms with Crippen molar-refractivity contribution >= 4 is 22.5 Å². The number of nitro benzene ring substituents is 1. The molecule has 1 unspecified atom stereocenters. The molecule has 0 aliphatic rings.